The van der Waals surface area contributed by atoms with E-state index in [1.807, 2.05) is 0 Å². The third kappa shape index (κ3) is 4.17. The van der Waals surface area contributed by atoms with Gasteiger partial charge in [-0.3, -0.25) is 0 Å². The monoisotopic (exact) mass is 198 g/mol. The van der Waals surface area contributed by atoms with Crippen LogP contribution in [0.4, 0.5) is 4.39 Å². The molecule has 3 heteroatoms. The molecule has 1 saturated carbocycles. The maximum absolute atomic E-state index is 12.7. The lowest BCUT2D eigenvalue weighted by Gasteiger charge is -2.23. The van der Waals surface area contributed by atoms with Crippen LogP contribution in [0.3, 0.4) is 0 Å². The molecule has 1 aliphatic rings. The Balaban J connectivity index is 2.24. The molecule has 66 valence electrons. The Bertz CT molecular complexity index is 114. The van der Waals surface area contributed by atoms with Crippen LogP contribution in [-0.2, 0) is 0 Å². The quantitative estimate of drug-likeness (QED) is 0.588. The summed E-state index contributed by atoms with van der Waals surface area (Å²) in [6, 6.07) is 0. The van der Waals surface area contributed by atoms with Crippen LogP contribution >= 0.6 is 23.2 Å². The van der Waals surface area contributed by atoms with E-state index in [-0.39, 0.29) is 0 Å². The Morgan fingerprint density at radius 3 is 2.18 bits per heavy atom. The lowest BCUT2D eigenvalue weighted by molar-refractivity contribution is 0.259. The molecule has 0 spiro atoms. The number of alkyl halides is 3. The van der Waals surface area contributed by atoms with E-state index in [9.17, 15) is 4.39 Å². The Labute approximate surface area is 77.1 Å². The van der Waals surface area contributed by atoms with Crippen molar-refractivity contribution in [2.45, 2.75) is 43.1 Å². The summed E-state index contributed by atoms with van der Waals surface area (Å²) in [5.74, 6) is 0.406. The maximum atomic E-state index is 12.7. The van der Waals surface area contributed by atoms with Crippen molar-refractivity contribution in [1.82, 2.24) is 0 Å². The van der Waals surface area contributed by atoms with Crippen LogP contribution in [-0.4, -0.2) is 4.59 Å². The van der Waals surface area contributed by atoms with Crippen LogP contribution < -0.4 is 0 Å². The van der Waals surface area contributed by atoms with Crippen molar-refractivity contribution in [3.8, 4) is 0 Å². The minimum absolute atomic E-state index is 0.302. The van der Waals surface area contributed by atoms with Crippen LogP contribution in [0.15, 0.2) is 0 Å². The highest BCUT2D eigenvalue weighted by Gasteiger charge is 2.27. The molecule has 0 aliphatic heterocycles. The molecule has 1 aliphatic carbocycles. The van der Waals surface area contributed by atoms with E-state index in [2.05, 4.69) is 0 Å². The fourth-order valence-corrected chi connectivity index (χ4v) is 2.16. The minimum Gasteiger partial charge on any atom is -0.208 e. The van der Waals surface area contributed by atoms with E-state index >= 15 is 0 Å². The Morgan fingerprint density at radius 2 is 1.73 bits per heavy atom. The summed E-state index contributed by atoms with van der Waals surface area (Å²) >= 11 is 10.5. The van der Waals surface area contributed by atoms with Crippen LogP contribution in [0.2, 0.25) is 0 Å². The third-order valence-corrected chi connectivity index (χ3v) is 2.55. The molecule has 1 rings (SSSR count). The molecule has 0 unspecified atom stereocenters. The van der Waals surface area contributed by atoms with Crippen molar-refractivity contribution in [2.75, 3.05) is 0 Å². The van der Waals surface area contributed by atoms with E-state index in [4.69, 9.17) is 23.2 Å². The smallest absolute Gasteiger partial charge is 0.208 e. The third-order valence-electron chi connectivity index (χ3n) is 2.24. The summed E-state index contributed by atoms with van der Waals surface area (Å²) in [7, 11) is 0. The first kappa shape index (κ1) is 9.60. The molecule has 0 N–H and O–H groups in total. The number of halogens is 3. The zero-order chi connectivity index (χ0) is 8.32. The molecule has 0 heterocycles. The van der Waals surface area contributed by atoms with Crippen molar-refractivity contribution in [2.24, 2.45) is 5.92 Å². The van der Waals surface area contributed by atoms with Gasteiger partial charge in [0.2, 0.25) is 0 Å². The molecule has 0 atom stereocenters. The largest absolute Gasteiger partial charge is 0.257 e. The average molecular weight is 199 g/mol. The fourth-order valence-electron chi connectivity index (χ4n) is 1.72. The first-order valence-corrected chi connectivity index (χ1v) is 4.90. The molecule has 0 bridgehead atoms. The second-order valence-electron chi connectivity index (χ2n) is 3.32. The van der Waals surface area contributed by atoms with Gasteiger partial charge >= 0.3 is 0 Å². The molecule has 1 fully saturated rings. The second kappa shape index (κ2) is 3.95. The van der Waals surface area contributed by atoms with Gasteiger partial charge in [-0.05, 0) is 5.92 Å². The van der Waals surface area contributed by atoms with Crippen molar-refractivity contribution in [3.05, 3.63) is 0 Å². The number of hydrogen-bond donors (Lipinski definition) is 0. The highest BCUT2D eigenvalue weighted by atomic mass is 35.5. The lowest BCUT2D eigenvalue weighted by Crippen LogP contribution is -2.15. The lowest BCUT2D eigenvalue weighted by atomic mass is 9.87. The van der Waals surface area contributed by atoms with E-state index in [0.717, 1.165) is 12.8 Å². The van der Waals surface area contributed by atoms with Gasteiger partial charge in [-0.25, -0.2) is 4.39 Å². The zero-order valence-electron chi connectivity index (χ0n) is 6.45. The molecule has 11 heavy (non-hydrogen) atoms. The van der Waals surface area contributed by atoms with Gasteiger partial charge in [-0.15, -0.1) is 0 Å². The predicted molar refractivity (Wildman–Crippen MR) is 46.7 cm³/mol. The predicted octanol–water partition coefficient (Wildman–Crippen LogP) is 4.06. The SMILES string of the molecule is FC(Cl)(Cl)CC1CCCCC1. The highest BCUT2D eigenvalue weighted by molar-refractivity contribution is 6.47. The van der Waals surface area contributed by atoms with Crippen LogP contribution in [0.25, 0.3) is 0 Å². The molecule has 0 amide bonds. The van der Waals surface area contributed by atoms with E-state index in [1.165, 1.54) is 19.3 Å². The van der Waals surface area contributed by atoms with Gasteiger partial charge in [0, 0.05) is 6.42 Å². The second-order valence-corrected chi connectivity index (χ2v) is 4.72. The van der Waals surface area contributed by atoms with Crippen molar-refractivity contribution < 1.29 is 4.39 Å². The molecule has 0 radical (unpaired) electrons. The molecular weight excluding hydrogens is 186 g/mol. The molecule has 0 aromatic rings. The summed E-state index contributed by atoms with van der Waals surface area (Å²) in [6.45, 7) is 0. The summed E-state index contributed by atoms with van der Waals surface area (Å²) in [6.07, 6.45) is 6.16. The summed E-state index contributed by atoms with van der Waals surface area (Å²) in [5, 5.41) is 0. The minimum atomic E-state index is -2.00. The highest BCUT2D eigenvalue weighted by Crippen LogP contribution is 2.36. The van der Waals surface area contributed by atoms with Gasteiger partial charge < -0.3 is 0 Å². The summed E-state index contributed by atoms with van der Waals surface area (Å²) in [4.78, 5) is 0. The first-order valence-electron chi connectivity index (χ1n) is 4.15. The van der Waals surface area contributed by atoms with Crippen LogP contribution in [0.1, 0.15) is 38.5 Å². The standard InChI is InChI=1S/C8H13Cl2F/c9-8(10,11)6-7-4-2-1-3-5-7/h7H,1-6H2. The van der Waals surface area contributed by atoms with Gasteiger partial charge in [0.1, 0.15) is 0 Å². The van der Waals surface area contributed by atoms with E-state index < -0.39 is 4.59 Å². The van der Waals surface area contributed by atoms with E-state index in [0.29, 0.717) is 12.3 Å². The van der Waals surface area contributed by atoms with Crippen molar-refractivity contribution >= 4 is 23.2 Å². The van der Waals surface area contributed by atoms with Gasteiger partial charge in [0.25, 0.3) is 4.59 Å². The molecule has 0 aromatic heterocycles. The Morgan fingerprint density at radius 1 is 1.18 bits per heavy atom. The fraction of sp³-hybridized carbons (Fsp3) is 1.00. The number of hydrogen-bond acceptors (Lipinski definition) is 0. The van der Waals surface area contributed by atoms with Crippen LogP contribution in [0.5, 0.6) is 0 Å². The summed E-state index contributed by atoms with van der Waals surface area (Å²) in [5.41, 5.74) is 0. The van der Waals surface area contributed by atoms with Crippen LogP contribution in [0, 0.1) is 5.92 Å². The summed E-state index contributed by atoms with van der Waals surface area (Å²) < 4.78 is 10.7. The van der Waals surface area contributed by atoms with E-state index in [1.54, 1.807) is 0 Å². The maximum Gasteiger partial charge on any atom is 0.257 e. The Hall–Kier alpha value is 0.510. The van der Waals surface area contributed by atoms with Crippen molar-refractivity contribution in [3.63, 3.8) is 0 Å². The Kier molecular flexibility index (Phi) is 3.45. The topological polar surface area (TPSA) is 0 Å². The molecule has 0 aromatic carbocycles. The molecule has 0 saturated heterocycles. The normalized spacial score (nSPS) is 22.1. The average Bonchev–Trinajstić information content (AvgIpc) is 1.85. The molecule has 0 nitrogen and oxygen atoms in total. The number of rotatable bonds is 2. The first-order chi connectivity index (χ1) is 5.08. The van der Waals surface area contributed by atoms with Crippen molar-refractivity contribution in [1.29, 1.82) is 0 Å². The van der Waals surface area contributed by atoms with Gasteiger partial charge in [0.05, 0.1) is 0 Å². The van der Waals surface area contributed by atoms with Gasteiger partial charge in [0.15, 0.2) is 0 Å². The van der Waals surface area contributed by atoms with Gasteiger partial charge in [-0.1, -0.05) is 55.3 Å². The molecular formula is C8H13Cl2F. The zero-order valence-corrected chi connectivity index (χ0v) is 7.97. The van der Waals surface area contributed by atoms with Gasteiger partial charge in [-0.2, -0.15) is 0 Å².